The number of benzene rings is 2. The van der Waals surface area contributed by atoms with Crippen LogP contribution in [0.3, 0.4) is 0 Å². The Morgan fingerprint density at radius 3 is 2.55 bits per heavy atom. The van der Waals surface area contributed by atoms with E-state index in [1.54, 1.807) is 6.07 Å². The molecule has 1 heterocycles. The van der Waals surface area contributed by atoms with E-state index in [1.165, 1.54) is 0 Å². The minimum Gasteiger partial charge on any atom is -0.454 e. The lowest BCUT2D eigenvalue weighted by atomic mass is 10.3. The van der Waals surface area contributed by atoms with Gasteiger partial charge in [-0.05, 0) is 24.3 Å². The molecular weight excluding hydrogens is 274 g/mol. The minimum absolute atomic E-state index is 0.582. The fourth-order valence-corrected chi connectivity index (χ4v) is 2.09. The average molecular weight is 288 g/mol. The fourth-order valence-electron chi connectivity index (χ4n) is 1.91. The molecule has 0 saturated heterocycles. The van der Waals surface area contributed by atoms with Crippen LogP contribution in [0.2, 0.25) is 5.02 Å². The summed E-state index contributed by atoms with van der Waals surface area (Å²) in [6.45, 7) is 1.64. The SMILES string of the molecule is Clc1ccccc1Oc1ccccc1NC1=NCCN1. The Morgan fingerprint density at radius 1 is 1.05 bits per heavy atom. The molecule has 0 radical (unpaired) electrons. The smallest absolute Gasteiger partial charge is 0.196 e. The number of para-hydroxylation sites is 3. The summed E-state index contributed by atoms with van der Waals surface area (Å²) in [6, 6.07) is 15.1. The van der Waals surface area contributed by atoms with Crippen LogP contribution in [0.15, 0.2) is 53.5 Å². The van der Waals surface area contributed by atoms with Gasteiger partial charge in [-0.1, -0.05) is 35.9 Å². The number of ether oxygens (including phenoxy) is 1. The van der Waals surface area contributed by atoms with Gasteiger partial charge in [-0.2, -0.15) is 0 Å². The van der Waals surface area contributed by atoms with Crippen LogP contribution in [-0.4, -0.2) is 19.0 Å². The summed E-state index contributed by atoms with van der Waals surface area (Å²) in [5.41, 5.74) is 0.848. The highest BCUT2D eigenvalue weighted by Crippen LogP contribution is 2.33. The third kappa shape index (κ3) is 2.86. The van der Waals surface area contributed by atoms with Gasteiger partial charge in [-0.3, -0.25) is 4.99 Å². The van der Waals surface area contributed by atoms with Gasteiger partial charge < -0.3 is 15.4 Å². The van der Waals surface area contributed by atoms with Crippen molar-refractivity contribution in [3.8, 4) is 11.5 Å². The third-order valence-corrected chi connectivity index (χ3v) is 3.18. The summed E-state index contributed by atoms with van der Waals surface area (Å²) in [5, 5.41) is 6.97. The van der Waals surface area contributed by atoms with Crippen molar-refractivity contribution in [2.75, 3.05) is 18.4 Å². The summed E-state index contributed by atoms with van der Waals surface area (Å²) >= 11 is 6.12. The van der Waals surface area contributed by atoms with Gasteiger partial charge in [0.1, 0.15) is 5.75 Å². The molecule has 0 amide bonds. The number of nitrogens with one attached hydrogen (secondary N) is 2. The standard InChI is InChI=1S/C15H14ClN3O/c16-11-5-1-3-7-13(11)20-14-8-4-2-6-12(14)19-15-17-9-10-18-15/h1-8H,9-10H2,(H2,17,18,19). The Kier molecular flexibility index (Phi) is 3.74. The fraction of sp³-hybridized carbons (Fsp3) is 0.133. The molecule has 5 heteroatoms. The van der Waals surface area contributed by atoms with Crippen LogP contribution in [0.4, 0.5) is 5.69 Å². The lowest BCUT2D eigenvalue weighted by Gasteiger charge is -2.13. The number of hydrogen-bond acceptors (Lipinski definition) is 4. The molecule has 0 aliphatic carbocycles. The molecule has 0 spiro atoms. The van der Waals surface area contributed by atoms with E-state index in [2.05, 4.69) is 15.6 Å². The molecule has 102 valence electrons. The Bertz CT molecular complexity index is 643. The molecule has 0 bridgehead atoms. The first-order valence-corrected chi connectivity index (χ1v) is 6.77. The van der Waals surface area contributed by atoms with E-state index in [-0.39, 0.29) is 0 Å². The molecule has 0 saturated carbocycles. The third-order valence-electron chi connectivity index (χ3n) is 2.87. The second-order valence-corrected chi connectivity index (χ2v) is 4.72. The molecule has 1 aliphatic heterocycles. The van der Waals surface area contributed by atoms with Crippen LogP contribution in [0, 0.1) is 0 Å². The highest BCUT2D eigenvalue weighted by Gasteiger charge is 2.10. The second kappa shape index (κ2) is 5.84. The number of rotatable bonds is 3. The predicted octanol–water partition coefficient (Wildman–Crippen LogP) is 3.50. The van der Waals surface area contributed by atoms with Crippen molar-refractivity contribution in [1.82, 2.24) is 5.32 Å². The first-order chi connectivity index (χ1) is 9.83. The zero-order chi connectivity index (χ0) is 13.8. The van der Waals surface area contributed by atoms with Gasteiger partial charge in [0.2, 0.25) is 0 Å². The van der Waals surface area contributed by atoms with Crippen LogP contribution in [0.1, 0.15) is 0 Å². The van der Waals surface area contributed by atoms with Crippen LogP contribution in [-0.2, 0) is 0 Å². The first-order valence-electron chi connectivity index (χ1n) is 6.40. The van der Waals surface area contributed by atoms with Crippen LogP contribution >= 0.6 is 11.6 Å². The number of halogens is 1. The van der Waals surface area contributed by atoms with Gasteiger partial charge in [0.15, 0.2) is 11.7 Å². The first kappa shape index (κ1) is 12.8. The summed E-state index contributed by atoms with van der Waals surface area (Å²) in [5.74, 6) is 2.10. The molecular formula is C15H14ClN3O. The minimum atomic E-state index is 0.582. The van der Waals surface area contributed by atoms with Crippen molar-refractivity contribution in [2.24, 2.45) is 4.99 Å². The summed E-state index contributed by atoms with van der Waals surface area (Å²) < 4.78 is 5.87. The summed E-state index contributed by atoms with van der Waals surface area (Å²) in [7, 11) is 0. The van der Waals surface area contributed by atoms with Gasteiger partial charge in [-0.25, -0.2) is 0 Å². The summed E-state index contributed by atoms with van der Waals surface area (Å²) in [6.07, 6.45) is 0. The number of guanidine groups is 1. The highest BCUT2D eigenvalue weighted by molar-refractivity contribution is 6.32. The van der Waals surface area contributed by atoms with Gasteiger partial charge >= 0.3 is 0 Å². The maximum Gasteiger partial charge on any atom is 0.196 e. The Labute approximate surface area is 122 Å². The van der Waals surface area contributed by atoms with Crippen LogP contribution in [0.5, 0.6) is 11.5 Å². The number of hydrogen-bond donors (Lipinski definition) is 2. The van der Waals surface area contributed by atoms with Crippen LogP contribution in [0.25, 0.3) is 0 Å². The maximum atomic E-state index is 6.12. The number of anilines is 1. The van der Waals surface area contributed by atoms with E-state index in [0.29, 0.717) is 16.5 Å². The number of aliphatic imine (C=N–C) groups is 1. The van der Waals surface area contributed by atoms with Crippen molar-refractivity contribution in [1.29, 1.82) is 0 Å². The topological polar surface area (TPSA) is 45.6 Å². The monoisotopic (exact) mass is 287 g/mol. The molecule has 4 nitrogen and oxygen atoms in total. The largest absolute Gasteiger partial charge is 0.454 e. The Hall–Kier alpha value is -2.20. The second-order valence-electron chi connectivity index (χ2n) is 4.31. The van der Waals surface area contributed by atoms with Gasteiger partial charge in [0, 0.05) is 6.54 Å². The number of nitrogens with zero attached hydrogens (tertiary/aromatic N) is 1. The molecule has 0 unspecified atom stereocenters. The van der Waals surface area contributed by atoms with E-state index in [4.69, 9.17) is 16.3 Å². The zero-order valence-electron chi connectivity index (χ0n) is 10.8. The maximum absolute atomic E-state index is 6.12. The average Bonchev–Trinajstić information content (AvgIpc) is 2.96. The molecule has 3 rings (SSSR count). The molecule has 2 aromatic rings. The van der Waals surface area contributed by atoms with Gasteiger partial charge in [-0.15, -0.1) is 0 Å². The lowest BCUT2D eigenvalue weighted by Crippen LogP contribution is -2.26. The lowest BCUT2D eigenvalue weighted by molar-refractivity contribution is 0.485. The van der Waals surface area contributed by atoms with Crippen LogP contribution < -0.4 is 15.4 Å². The van der Waals surface area contributed by atoms with E-state index in [0.717, 1.165) is 24.7 Å². The normalized spacial score (nSPS) is 13.6. The van der Waals surface area contributed by atoms with E-state index in [9.17, 15) is 0 Å². The van der Waals surface area contributed by atoms with E-state index in [1.807, 2.05) is 42.5 Å². The van der Waals surface area contributed by atoms with Gasteiger partial charge in [0.25, 0.3) is 0 Å². The molecule has 2 aromatic carbocycles. The molecule has 0 atom stereocenters. The molecule has 0 aromatic heterocycles. The van der Waals surface area contributed by atoms with E-state index < -0.39 is 0 Å². The highest BCUT2D eigenvalue weighted by atomic mass is 35.5. The van der Waals surface area contributed by atoms with Crippen molar-refractivity contribution < 1.29 is 4.74 Å². The molecule has 1 aliphatic rings. The van der Waals surface area contributed by atoms with Crippen molar-refractivity contribution >= 4 is 23.2 Å². The summed E-state index contributed by atoms with van der Waals surface area (Å²) in [4.78, 5) is 4.31. The van der Waals surface area contributed by atoms with Gasteiger partial charge in [0.05, 0.1) is 17.3 Å². The van der Waals surface area contributed by atoms with E-state index >= 15 is 0 Å². The van der Waals surface area contributed by atoms with Crippen molar-refractivity contribution in [2.45, 2.75) is 0 Å². The van der Waals surface area contributed by atoms with Crippen molar-refractivity contribution in [3.05, 3.63) is 53.6 Å². The molecule has 0 fully saturated rings. The Morgan fingerprint density at radius 2 is 1.80 bits per heavy atom. The quantitative estimate of drug-likeness (QED) is 0.908. The zero-order valence-corrected chi connectivity index (χ0v) is 11.5. The van der Waals surface area contributed by atoms with Crippen molar-refractivity contribution in [3.63, 3.8) is 0 Å². The Balaban J connectivity index is 1.84. The molecule has 20 heavy (non-hydrogen) atoms. The predicted molar refractivity (Wildman–Crippen MR) is 81.9 cm³/mol. The molecule has 2 N–H and O–H groups in total.